The maximum Gasteiger partial charge on any atom is 0.0303 e. The molecular weight excluding hydrogens is 180 g/mol. The highest BCUT2D eigenvalue weighted by Crippen LogP contribution is 2.21. The van der Waals surface area contributed by atoms with Crippen LogP contribution < -0.4 is 0 Å². The van der Waals surface area contributed by atoms with Crippen molar-refractivity contribution in [3.8, 4) is 0 Å². The summed E-state index contributed by atoms with van der Waals surface area (Å²) in [5.41, 5.74) is 6.36. The molecule has 0 aromatic heterocycles. The molecule has 0 saturated heterocycles. The second kappa shape index (κ2) is 4.45. The Morgan fingerprint density at radius 1 is 0.733 bits per heavy atom. The first-order chi connectivity index (χ1) is 7.42. The molecule has 2 aromatic rings. The summed E-state index contributed by atoms with van der Waals surface area (Å²) >= 11 is 0. The maximum atomic E-state index is 3.75. The van der Waals surface area contributed by atoms with Crippen molar-refractivity contribution < 1.29 is 0 Å². The van der Waals surface area contributed by atoms with E-state index in [0.717, 1.165) is 16.7 Å². The lowest BCUT2D eigenvalue weighted by atomic mass is 9.99. The molecule has 0 bridgehead atoms. The number of hydrogen-bond donors (Lipinski definition) is 0. The molecule has 0 N–H and O–H groups in total. The first-order valence-electron chi connectivity index (χ1n) is 4.92. The first kappa shape index (κ1) is 9.51. The lowest BCUT2D eigenvalue weighted by Gasteiger charge is -2.04. The van der Waals surface area contributed by atoms with Crippen molar-refractivity contribution in [3.05, 3.63) is 84.1 Å². The Kier molecular flexibility index (Phi) is 2.82. The Hall–Kier alpha value is -2.04. The van der Waals surface area contributed by atoms with Gasteiger partial charge in [0.05, 0.1) is 0 Å². The Morgan fingerprint density at radius 3 is 1.47 bits per heavy atom. The third-order valence-electron chi connectivity index (χ3n) is 2.30. The van der Waals surface area contributed by atoms with Gasteiger partial charge in [-0.2, -0.15) is 0 Å². The summed E-state index contributed by atoms with van der Waals surface area (Å²) in [5.74, 6) is 0. The minimum Gasteiger partial charge on any atom is -0.119 e. The van der Waals surface area contributed by atoms with E-state index in [1.807, 2.05) is 36.4 Å². The van der Waals surface area contributed by atoms with Crippen molar-refractivity contribution in [1.29, 1.82) is 0 Å². The van der Waals surface area contributed by atoms with Gasteiger partial charge in [0, 0.05) is 5.57 Å². The summed E-state index contributed by atoms with van der Waals surface area (Å²) in [7, 11) is 0. The van der Waals surface area contributed by atoms with Crippen molar-refractivity contribution in [2.45, 2.75) is 0 Å². The number of rotatable bonds is 2. The molecule has 15 heavy (non-hydrogen) atoms. The fourth-order valence-corrected chi connectivity index (χ4v) is 1.58. The van der Waals surface area contributed by atoms with E-state index in [2.05, 4.69) is 36.6 Å². The van der Waals surface area contributed by atoms with Crippen molar-refractivity contribution in [2.24, 2.45) is 0 Å². The molecule has 0 aliphatic rings. The van der Waals surface area contributed by atoms with Crippen LogP contribution >= 0.6 is 0 Å². The van der Waals surface area contributed by atoms with E-state index in [4.69, 9.17) is 0 Å². The highest BCUT2D eigenvalue weighted by atomic mass is 14.0. The van der Waals surface area contributed by atoms with Crippen LogP contribution in [0.1, 0.15) is 11.1 Å². The van der Waals surface area contributed by atoms with Crippen LogP contribution in [-0.4, -0.2) is 0 Å². The minimum atomic E-state index is 1.05. The summed E-state index contributed by atoms with van der Waals surface area (Å²) in [4.78, 5) is 0. The van der Waals surface area contributed by atoms with Gasteiger partial charge < -0.3 is 0 Å². The first-order valence-corrected chi connectivity index (χ1v) is 4.92. The molecule has 0 spiro atoms. The highest BCUT2D eigenvalue weighted by Gasteiger charge is 2.01. The smallest absolute Gasteiger partial charge is 0.0303 e. The topological polar surface area (TPSA) is 0 Å². The molecule has 2 rings (SSSR count). The van der Waals surface area contributed by atoms with Gasteiger partial charge >= 0.3 is 0 Å². The van der Waals surface area contributed by atoms with Crippen LogP contribution in [0.3, 0.4) is 0 Å². The van der Waals surface area contributed by atoms with Gasteiger partial charge in [0.15, 0.2) is 0 Å². The van der Waals surface area contributed by atoms with E-state index < -0.39 is 0 Å². The molecule has 0 aliphatic carbocycles. The zero-order valence-electron chi connectivity index (χ0n) is 8.48. The third-order valence-corrected chi connectivity index (χ3v) is 2.30. The van der Waals surface area contributed by atoms with E-state index in [1.54, 1.807) is 0 Å². The molecule has 0 atom stereocenters. The van der Waals surface area contributed by atoms with Crippen LogP contribution in [0.15, 0.2) is 73.0 Å². The van der Waals surface area contributed by atoms with Crippen LogP contribution in [-0.2, 0) is 0 Å². The molecule has 0 amide bonds. The lowest BCUT2D eigenvalue weighted by Crippen LogP contribution is -1.84. The predicted molar refractivity (Wildman–Crippen MR) is 64.5 cm³/mol. The van der Waals surface area contributed by atoms with Gasteiger partial charge in [0.2, 0.25) is 0 Å². The van der Waals surface area contributed by atoms with Gasteiger partial charge in [-0.15, -0.1) is 5.73 Å². The largest absolute Gasteiger partial charge is 0.119 e. The average molecular weight is 192 g/mol. The highest BCUT2D eigenvalue weighted by molar-refractivity contribution is 5.78. The van der Waals surface area contributed by atoms with Crippen molar-refractivity contribution >= 4 is 5.57 Å². The number of hydrogen-bond acceptors (Lipinski definition) is 0. The summed E-state index contributed by atoms with van der Waals surface area (Å²) in [6, 6.07) is 20.4. The SMILES string of the molecule is C=C=C(c1ccccc1)c1ccccc1. The molecular formula is C15H12. The standard InChI is InChI=1S/C15H12/c1-2-15(13-9-5-3-6-10-13)14-11-7-4-8-12-14/h3-12H,1H2. The van der Waals surface area contributed by atoms with Gasteiger partial charge in [-0.3, -0.25) is 0 Å². The van der Waals surface area contributed by atoms with Crippen LogP contribution in [0.2, 0.25) is 0 Å². The van der Waals surface area contributed by atoms with E-state index in [0.29, 0.717) is 0 Å². The van der Waals surface area contributed by atoms with Crippen molar-refractivity contribution in [1.82, 2.24) is 0 Å². The second-order valence-electron chi connectivity index (χ2n) is 3.28. The van der Waals surface area contributed by atoms with Gasteiger partial charge in [-0.25, -0.2) is 0 Å². The fourth-order valence-electron chi connectivity index (χ4n) is 1.58. The quantitative estimate of drug-likeness (QED) is 0.633. The van der Waals surface area contributed by atoms with Crippen molar-refractivity contribution in [2.75, 3.05) is 0 Å². The van der Waals surface area contributed by atoms with Crippen LogP contribution in [0.5, 0.6) is 0 Å². The fraction of sp³-hybridized carbons (Fsp3) is 0. The lowest BCUT2D eigenvalue weighted by molar-refractivity contribution is 1.55. The minimum absolute atomic E-state index is 1.05. The van der Waals surface area contributed by atoms with Gasteiger partial charge in [-0.05, 0) is 11.1 Å². The Bertz CT molecular complexity index is 432. The molecule has 0 nitrogen and oxygen atoms in total. The molecule has 0 saturated carbocycles. The molecule has 0 heterocycles. The van der Waals surface area contributed by atoms with Crippen LogP contribution in [0.25, 0.3) is 5.57 Å². The molecule has 0 aliphatic heterocycles. The summed E-state index contributed by atoms with van der Waals surface area (Å²) < 4.78 is 0. The van der Waals surface area contributed by atoms with Gasteiger partial charge in [0.1, 0.15) is 0 Å². The summed E-state index contributed by atoms with van der Waals surface area (Å²) in [6.45, 7) is 3.75. The summed E-state index contributed by atoms with van der Waals surface area (Å²) in [5, 5.41) is 0. The third kappa shape index (κ3) is 2.07. The summed E-state index contributed by atoms with van der Waals surface area (Å²) in [6.07, 6.45) is 0. The average Bonchev–Trinajstić information content (AvgIpc) is 2.33. The van der Waals surface area contributed by atoms with Crippen molar-refractivity contribution in [3.63, 3.8) is 0 Å². The van der Waals surface area contributed by atoms with Crippen LogP contribution in [0.4, 0.5) is 0 Å². The van der Waals surface area contributed by atoms with E-state index in [-0.39, 0.29) is 0 Å². The Balaban J connectivity index is 2.48. The monoisotopic (exact) mass is 192 g/mol. The molecule has 0 heteroatoms. The second-order valence-corrected chi connectivity index (χ2v) is 3.28. The Morgan fingerprint density at radius 2 is 1.13 bits per heavy atom. The number of benzene rings is 2. The van der Waals surface area contributed by atoms with Crippen LogP contribution in [0, 0.1) is 0 Å². The van der Waals surface area contributed by atoms with Gasteiger partial charge in [0.25, 0.3) is 0 Å². The maximum absolute atomic E-state index is 3.75. The van der Waals surface area contributed by atoms with E-state index in [1.165, 1.54) is 0 Å². The predicted octanol–water partition coefficient (Wildman–Crippen LogP) is 3.90. The van der Waals surface area contributed by atoms with E-state index in [9.17, 15) is 0 Å². The zero-order valence-corrected chi connectivity index (χ0v) is 8.48. The molecule has 0 unspecified atom stereocenters. The molecule has 72 valence electrons. The van der Waals surface area contributed by atoms with E-state index >= 15 is 0 Å². The zero-order chi connectivity index (χ0) is 10.5. The normalized spacial score (nSPS) is 9.33. The Labute approximate surface area is 90.2 Å². The van der Waals surface area contributed by atoms with Gasteiger partial charge in [-0.1, -0.05) is 67.2 Å². The molecule has 0 fully saturated rings. The molecule has 2 aromatic carbocycles. The molecule has 0 radical (unpaired) electrons.